The summed E-state index contributed by atoms with van der Waals surface area (Å²) in [7, 11) is 0. The van der Waals surface area contributed by atoms with E-state index in [0.717, 1.165) is 18.6 Å². The van der Waals surface area contributed by atoms with Crippen LogP contribution in [0.5, 0.6) is 0 Å². The van der Waals surface area contributed by atoms with E-state index in [9.17, 15) is 0 Å². The molecule has 1 rings (SSSR count). The van der Waals surface area contributed by atoms with Crippen molar-refractivity contribution in [1.82, 2.24) is 0 Å². The Hall–Kier alpha value is -1.11. The molecular weight excluding hydrogens is 182 g/mol. The minimum absolute atomic E-state index is 0.848. The average Bonchev–Trinajstić information content (AvgIpc) is 2.71. The minimum atomic E-state index is 0.848. The first-order chi connectivity index (χ1) is 7.25. The van der Waals surface area contributed by atoms with Crippen LogP contribution in [0, 0.1) is 5.41 Å². The zero-order chi connectivity index (χ0) is 12.3. The molecule has 0 amide bonds. The Morgan fingerprint density at radius 1 is 1.27 bits per heavy atom. The van der Waals surface area contributed by atoms with E-state index in [1.165, 1.54) is 17.6 Å². The quantitative estimate of drug-likeness (QED) is 0.591. The predicted octanol–water partition coefficient (Wildman–Crippen LogP) is 4.91. The van der Waals surface area contributed by atoms with Gasteiger partial charge in [0, 0.05) is 5.71 Å². The maximum atomic E-state index is 7.62. The highest BCUT2D eigenvalue weighted by molar-refractivity contribution is 6.00. The Morgan fingerprint density at radius 2 is 1.80 bits per heavy atom. The largest absolute Gasteiger partial charge is 0.305 e. The third kappa shape index (κ3) is 6.05. The van der Waals surface area contributed by atoms with Gasteiger partial charge in [-0.2, -0.15) is 0 Å². The van der Waals surface area contributed by atoms with Crippen LogP contribution < -0.4 is 0 Å². The molecule has 15 heavy (non-hydrogen) atoms. The zero-order valence-corrected chi connectivity index (χ0v) is 10.7. The molecule has 1 fully saturated rings. The SMILES string of the molecule is C/C=C\C(C)=C1\CCCC1=N.C=C.CC. The molecule has 1 N–H and O–H groups in total. The molecule has 1 aliphatic carbocycles. The van der Waals surface area contributed by atoms with Crippen LogP contribution >= 0.6 is 0 Å². The van der Waals surface area contributed by atoms with Crippen LogP contribution in [0.1, 0.15) is 47.0 Å². The van der Waals surface area contributed by atoms with Crippen molar-refractivity contribution in [2.24, 2.45) is 0 Å². The fourth-order valence-electron chi connectivity index (χ4n) is 1.53. The highest BCUT2D eigenvalue weighted by atomic mass is 14.4. The van der Waals surface area contributed by atoms with E-state index in [0.29, 0.717) is 0 Å². The fourth-order valence-corrected chi connectivity index (χ4v) is 1.53. The van der Waals surface area contributed by atoms with Crippen LogP contribution in [0.3, 0.4) is 0 Å². The molecule has 0 bridgehead atoms. The lowest BCUT2D eigenvalue weighted by Crippen LogP contribution is -1.92. The maximum absolute atomic E-state index is 7.62. The summed E-state index contributed by atoms with van der Waals surface area (Å²) >= 11 is 0. The lowest BCUT2D eigenvalue weighted by molar-refractivity contribution is 0.941. The van der Waals surface area contributed by atoms with Gasteiger partial charge in [0.05, 0.1) is 0 Å². The topological polar surface area (TPSA) is 23.9 Å². The van der Waals surface area contributed by atoms with Gasteiger partial charge in [0.2, 0.25) is 0 Å². The van der Waals surface area contributed by atoms with Gasteiger partial charge in [-0.15, -0.1) is 13.2 Å². The van der Waals surface area contributed by atoms with Gasteiger partial charge in [0.1, 0.15) is 0 Å². The van der Waals surface area contributed by atoms with Gasteiger partial charge < -0.3 is 5.41 Å². The summed E-state index contributed by atoms with van der Waals surface area (Å²) in [5.41, 5.74) is 3.39. The summed E-state index contributed by atoms with van der Waals surface area (Å²) in [6.45, 7) is 14.1. The molecule has 0 radical (unpaired) electrons. The molecular formula is C14H25N. The molecule has 0 aromatic carbocycles. The average molecular weight is 207 g/mol. The van der Waals surface area contributed by atoms with Crippen LogP contribution in [0.15, 0.2) is 36.5 Å². The molecule has 0 heterocycles. The molecule has 0 unspecified atom stereocenters. The van der Waals surface area contributed by atoms with Gasteiger partial charge in [-0.05, 0) is 44.3 Å². The second kappa shape index (κ2) is 11.0. The lowest BCUT2D eigenvalue weighted by Gasteiger charge is -1.99. The van der Waals surface area contributed by atoms with Crippen LogP contribution in [0.2, 0.25) is 0 Å². The Balaban J connectivity index is 0. The van der Waals surface area contributed by atoms with Crippen molar-refractivity contribution >= 4 is 5.71 Å². The fraction of sp³-hybridized carbons (Fsp3) is 0.500. The Labute approximate surface area is 95.1 Å². The third-order valence-corrected chi connectivity index (χ3v) is 2.11. The summed E-state index contributed by atoms with van der Waals surface area (Å²) in [6, 6.07) is 0. The lowest BCUT2D eigenvalue weighted by atomic mass is 10.1. The standard InChI is InChI=1S/C10H15N.C2H6.C2H4/c1-3-5-8(2)9-6-4-7-10(9)11;2*1-2/h3,5,11H,4,6-7H2,1-2H3;1-2H3;1-2H2/b5-3-,9-8-,11-10?;;. The van der Waals surface area contributed by atoms with Gasteiger partial charge >= 0.3 is 0 Å². The second-order valence-corrected chi connectivity index (χ2v) is 2.99. The molecule has 0 aromatic rings. The number of hydrogen-bond donors (Lipinski definition) is 1. The Bertz CT molecular complexity index is 234. The first-order valence-corrected chi connectivity index (χ1v) is 5.66. The van der Waals surface area contributed by atoms with Crippen molar-refractivity contribution in [2.75, 3.05) is 0 Å². The number of rotatable bonds is 1. The molecule has 1 saturated carbocycles. The number of nitrogens with one attached hydrogen (secondary N) is 1. The van der Waals surface area contributed by atoms with Gasteiger partial charge in [-0.25, -0.2) is 0 Å². The van der Waals surface area contributed by atoms with Crippen LogP contribution in [0.25, 0.3) is 0 Å². The number of allylic oxidation sites excluding steroid dienone is 4. The van der Waals surface area contributed by atoms with Gasteiger partial charge in [-0.1, -0.05) is 26.0 Å². The second-order valence-electron chi connectivity index (χ2n) is 2.99. The molecule has 0 saturated heterocycles. The summed E-state index contributed by atoms with van der Waals surface area (Å²) in [5.74, 6) is 0. The van der Waals surface area contributed by atoms with Crippen molar-refractivity contribution in [3.05, 3.63) is 36.5 Å². The summed E-state index contributed by atoms with van der Waals surface area (Å²) in [4.78, 5) is 0. The van der Waals surface area contributed by atoms with Gasteiger partial charge in [0.25, 0.3) is 0 Å². The van der Waals surface area contributed by atoms with Gasteiger partial charge in [0.15, 0.2) is 0 Å². The molecule has 0 aromatic heterocycles. The van der Waals surface area contributed by atoms with Crippen LogP contribution in [-0.4, -0.2) is 5.71 Å². The normalized spacial score (nSPS) is 17.7. The molecule has 86 valence electrons. The monoisotopic (exact) mass is 207 g/mol. The first kappa shape index (κ1) is 16.3. The summed E-state index contributed by atoms with van der Waals surface area (Å²) in [5, 5.41) is 7.62. The van der Waals surface area contributed by atoms with Crippen molar-refractivity contribution in [3.8, 4) is 0 Å². The molecule has 1 aliphatic rings. The molecule has 0 aliphatic heterocycles. The first-order valence-electron chi connectivity index (χ1n) is 5.66. The van der Waals surface area contributed by atoms with Gasteiger partial charge in [-0.3, -0.25) is 0 Å². The van der Waals surface area contributed by atoms with E-state index in [1.54, 1.807) is 0 Å². The van der Waals surface area contributed by atoms with Crippen molar-refractivity contribution in [1.29, 1.82) is 5.41 Å². The van der Waals surface area contributed by atoms with Crippen molar-refractivity contribution in [2.45, 2.75) is 47.0 Å². The molecule has 1 heteroatoms. The predicted molar refractivity (Wildman–Crippen MR) is 71.7 cm³/mol. The maximum Gasteiger partial charge on any atom is 0.0348 e. The zero-order valence-electron chi connectivity index (χ0n) is 10.7. The molecule has 0 spiro atoms. The van der Waals surface area contributed by atoms with E-state index in [2.05, 4.69) is 26.2 Å². The van der Waals surface area contributed by atoms with E-state index < -0.39 is 0 Å². The van der Waals surface area contributed by atoms with E-state index >= 15 is 0 Å². The summed E-state index contributed by atoms with van der Waals surface area (Å²) < 4.78 is 0. The van der Waals surface area contributed by atoms with Crippen LogP contribution in [-0.2, 0) is 0 Å². The van der Waals surface area contributed by atoms with E-state index in [-0.39, 0.29) is 0 Å². The van der Waals surface area contributed by atoms with Crippen molar-refractivity contribution in [3.63, 3.8) is 0 Å². The van der Waals surface area contributed by atoms with Crippen molar-refractivity contribution < 1.29 is 0 Å². The Kier molecular flexibility index (Phi) is 11.9. The van der Waals surface area contributed by atoms with E-state index in [1.807, 2.05) is 26.8 Å². The number of hydrogen-bond acceptors (Lipinski definition) is 1. The van der Waals surface area contributed by atoms with E-state index in [4.69, 9.17) is 5.41 Å². The highest BCUT2D eigenvalue weighted by Crippen LogP contribution is 2.24. The minimum Gasteiger partial charge on any atom is -0.305 e. The third-order valence-electron chi connectivity index (χ3n) is 2.11. The van der Waals surface area contributed by atoms with Crippen LogP contribution in [0.4, 0.5) is 0 Å². The molecule has 1 nitrogen and oxygen atoms in total. The highest BCUT2D eigenvalue weighted by Gasteiger charge is 2.14. The molecule has 0 atom stereocenters. The Morgan fingerprint density at radius 3 is 2.13 bits per heavy atom. The smallest absolute Gasteiger partial charge is 0.0348 e. The summed E-state index contributed by atoms with van der Waals surface area (Å²) in [6.07, 6.45) is 7.38.